The first kappa shape index (κ1) is 20.1. The lowest BCUT2D eigenvalue weighted by molar-refractivity contribution is -0.143. The van der Waals surface area contributed by atoms with E-state index < -0.39 is 34.9 Å². The van der Waals surface area contributed by atoms with Crippen LogP contribution in [0.5, 0.6) is 0 Å². The predicted molar refractivity (Wildman–Crippen MR) is 103 cm³/mol. The highest BCUT2D eigenvalue weighted by Crippen LogP contribution is 2.42. The molecule has 0 spiro atoms. The van der Waals surface area contributed by atoms with Gasteiger partial charge in [0.05, 0.1) is 17.5 Å². The average molecular weight is 433 g/mol. The highest BCUT2D eigenvalue weighted by molar-refractivity contribution is 8.16. The second kappa shape index (κ2) is 7.78. The molecule has 1 amide bonds. The first-order valence-corrected chi connectivity index (χ1v) is 11.1. The van der Waals surface area contributed by atoms with Gasteiger partial charge in [-0.25, -0.2) is 13.2 Å². The molecule has 0 aliphatic carbocycles. The number of carbonyl (C=O) groups excluding carboxylic acids is 1. The van der Waals surface area contributed by atoms with Gasteiger partial charge in [0.1, 0.15) is 13.2 Å². The van der Waals surface area contributed by atoms with Crippen molar-refractivity contribution in [2.45, 2.75) is 18.2 Å². The zero-order chi connectivity index (χ0) is 19.8. The summed E-state index contributed by atoms with van der Waals surface area (Å²) in [5, 5.41) is 9.18. The predicted octanol–water partition coefficient (Wildman–Crippen LogP) is 1.35. The van der Waals surface area contributed by atoms with Crippen molar-refractivity contribution in [1.82, 2.24) is 0 Å². The number of sulfone groups is 1. The van der Waals surface area contributed by atoms with Crippen LogP contribution in [0.15, 0.2) is 23.2 Å². The minimum absolute atomic E-state index is 0.0151. The van der Waals surface area contributed by atoms with Crippen LogP contribution in [0.25, 0.3) is 0 Å². The summed E-state index contributed by atoms with van der Waals surface area (Å²) in [7, 11) is -3.17. The number of hydrogen-bond donors (Lipinski definition) is 1. The molecule has 2 heterocycles. The van der Waals surface area contributed by atoms with Crippen molar-refractivity contribution < 1.29 is 27.9 Å². The van der Waals surface area contributed by atoms with Crippen LogP contribution in [0.3, 0.4) is 0 Å². The Morgan fingerprint density at radius 1 is 1.37 bits per heavy atom. The Hall–Kier alpha value is -1.62. The lowest BCUT2D eigenvalue weighted by atomic mass is 10.1. The Morgan fingerprint density at radius 3 is 2.81 bits per heavy atom. The Bertz CT molecular complexity index is 917. The van der Waals surface area contributed by atoms with E-state index in [0.29, 0.717) is 15.9 Å². The number of aryl methyl sites for hydroxylation is 1. The molecule has 2 atom stereocenters. The second-order valence-electron chi connectivity index (χ2n) is 6.28. The van der Waals surface area contributed by atoms with Crippen LogP contribution in [0, 0.1) is 6.92 Å². The largest absolute Gasteiger partial charge is 0.480 e. The van der Waals surface area contributed by atoms with Crippen molar-refractivity contribution in [2.75, 3.05) is 29.6 Å². The van der Waals surface area contributed by atoms with Gasteiger partial charge in [0.25, 0.3) is 5.91 Å². The van der Waals surface area contributed by atoms with Crippen LogP contribution >= 0.6 is 23.4 Å². The summed E-state index contributed by atoms with van der Waals surface area (Å²) in [6.45, 7) is 0.805. The molecule has 2 aliphatic rings. The van der Waals surface area contributed by atoms with Crippen molar-refractivity contribution in [3.63, 3.8) is 0 Å². The maximum atomic E-state index is 12.1. The molecule has 2 saturated heterocycles. The van der Waals surface area contributed by atoms with E-state index in [1.807, 2.05) is 13.0 Å². The number of carboxylic acids is 1. The normalized spacial score (nSPS) is 25.0. The number of carboxylic acid groups (broad SMARTS) is 1. The summed E-state index contributed by atoms with van der Waals surface area (Å²) in [6.07, 6.45) is 0. The molecule has 0 aromatic heterocycles. The van der Waals surface area contributed by atoms with Crippen molar-refractivity contribution in [1.29, 1.82) is 0 Å². The molecule has 0 unspecified atom stereocenters. The molecule has 2 fully saturated rings. The maximum absolute atomic E-state index is 12.1. The zero-order valence-corrected chi connectivity index (χ0v) is 16.7. The lowest BCUT2D eigenvalue weighted by Gasteiger charge is -2.26. The second-order valence-corrected chi connectivity index (χ2v) is 10.1. The van der Waals surface area contributed by atoms with E-state index in [-0.39, 0.29) is 22.8 Å². The van der Waals surface area contributed by atoms with Crippen LogP contribution in [0.1, 0.15) is 5.56 Å². The van der Waals surface area contributed by atoms with Gasteiger partial charge in [-0.1, -0.05) is 29.4 Å². The van der Waals surface area contributed by atoms with Gasteiger partial charge in [-0.05, 0) is 24.6 Å². The maximum Gasteiger partial charge on any atom is 0.329 e. The van der Waals surface area contributed by atoms with Gasteiger partial charge in [0.2, 0.25) is 0 Å². The lowest BCUT2D eigenvalue weighted by Crippen LogP contribution is -2.38. The van der Waals surface area contributed by atoms with Gasteiger partial charge >= 0.3 is 5.97 Å². The molecule has 27 heavy (non-hydrogen) atoms. The molecule has 0 bridgehead atoms. The molecule has 0 radical (unpaired) electrons. The molecule has 11 heteroatoms. The summed E-state index contributed by atoms with van der Waals surface area (Å²) in [4.78, 5) is 28.3. The number of halogens is 1. The van der Waals surface area contributed by atoms with E-state index in [2.05, 4.69) is 4.99 Å². The fourth-order valence-electron chi connectivity index (χ4n) is 3.05. The van der Waals surface area contributed by atoms with Gasteiger partial charge in [-0.3, -0.25) is 4.79 Å². The van der Waals surface area contributed by atoms with E-state index in [4.69, 9.17) is 21.4 Å². The highest BCUT2D eigenvalue weighted by atomic mass is 35.5. The van der Waals surface area contributed by atoms with Crippen molar-refractivity contribution >= 4 is 55.9 Å². The van der Waals surface area contributed by atoms with E-state index in [9.17, 15) is 18.0 Å². The number of thioether (sulfide) groups is 1. The molecule has 0 saturated carbocycles. The quantitative estimate of drug-likeness (QED) is 0.741. The molecule has 3 rings (SSSR count). The standard InChI is InChI=1S/C16H17ClN2O6S2/c1-9-2-3-10(17)4-11(9)19-12-7-27(23,24)8-13(12)26-16(19)18-14(20)5-25-6-15(21)22/h2-4,12-13H,5-8H2,1H3,(H,21,22)/t12-,13+/m0/s1. The number of benzene rings is 1. The number of anilines is 1. The topological polar surface area (TPSA) is 113 Å². The van der Waals surface area contributed by atoms with Crippen LogP contribution < -0.4 is 4.90 Å². The summed E-state index contributed by atoms with van der Waals surface area (Å²) in [5.41, 5.74) is 1.56. The Morgan fingerprint density at radius 2 is 2.11 bits per heavy atom. The average Bonchev–Trinajstić information content (AvgIpc) is 3.00. The highest BCUT2D eigenvalue weighted by Gasteiger charge is 2.49. The molecular formula is C16H17ClN2O6S2. The van der Waals surface area contributed by atoms with E-state index in [1.165, 1.54) is 11.8 Å². The summed E-state index contributed by atoms with van der Waals surface area (Å²) < 4.78 is 28.9. The van der Waals surface area contributed by atoms with Gasteiger partial charge in [-0.2, -0.15) is 4.99 Å². The number of hydrogen-bond acceptors (Lipinski definition) is 6. The number of amidine groups is 1. The van der Waals surface area contributed by atoms with E-state index >= 15 is 0 Å². The number of nitrogens with zero attached hydrogens (tertiary/aromatic N) is 2. The number of rotatable bonds is 5. The van der Waals surface area contributed by atoms with Crippen LogP contribution in [-0.2, 0) is 24.2 Å². The third-order valence-electron chi connectivity index (χ3n) is 4.17. The summed E-state index contributed by atoms with van der Waals surface area (Å²) in [5.74, 6) is -1.83. The van der Waals surface area contributed by atoms with Gasteiger partial charge in [0.15, 0.2) is 15.0 Å². The first-order chi connectivity index (χ1) is 12.7. The fraction of sp³-hybridized carbons (Fsp3) is 0.438. The van der Waals surface area contributed by atoms with Gasteiger partial charge in [-0.15, -0.1) is 0 Å². The molecule has 146 valence electrons. The monoisotopic (exact) mass is 432 g/mol. The first-order valence-electron chi connectivity index (χ1n) is 8.00. The minimum atomic E-state index is -3.17. The Balaban J connectivity index is 1.91. The van der Waals surface area contributed by atoms with Crippen molar-refractivity contribution in [3.8, 4) is 0 Å². The SMILES string of the molecule is Cc1ccc(Cl)cc1N1C(=NC(=O)COCC(=O)O)S[C@@H]2CS(=O)(=O)C[C@@H]21. The third-order valence-corrected chi connectivity index (χ3v) is 7.61. The van der Waals surface area contributed by atoms with E-state index in [1.54, 1.807) is 17.0 Å². The van der Waals surface area contributed by atoms with Crippen LogP contribution in [0.4, 0.5) is 5.69 Å². The van der Waals surface area contributed by atoms with Crippen molar-refractivity contribution in [2.24, 2.45) is 4.99 Å². The molecule has 1 N–H and O–H groups in total. The summed E-state index contributed by atoms with van der Waals surface area (Å²) in [6, 6.07) is 4.91. The van der Waals surface area contributed by atoms with Gasteiger partial charge in [0, 0.05) is 16.0 Å². The molecule has 1 aromatic rings. The summed E-state index contributed by atoms with van der Waals surface area (Å²) >= 11 is 7.34. The number of fused-ring (bicyclic) bond motifs is 1. The van der Waals surface area contributed by atoms with Crippen LogP contribution in [0.2, 0.25) is 5.02 Å². The molecule has 2 aliphatic heterocycles. The van der Waals surface area contributed by atoms with Crippen molar-refractivity contribution in [3.05, 3.63) is 28.8 Å². The smallest absolute Gasteiger partial charge is 0.329 e. The fourth-order valence-corrected chi connectivity index (χ4v) is 7.14. The number of aliphatic carboxylic acids is 1. The number of carbonyl (C=O) groups is 2. The Labute approximate surface area is 165 Å². The van der Waals surface area contributed by atoms with Crippen LogP contribution in [-0.4, -0.2) is 66.6 Å². The van der Waals surface area contributed by atoms with E-state index in [0.717, 1.165) is 5.56 Å². The molecule has 1 aromatic carbocycles. The number of aliphatic imine (C=N–C) groups is 1. The minimum Gasteiger partial charge on any atom is -0.480 e. The zero-order valence-electron chi connectivity index (χ0n) is 14.3. The third kappa shape index (κ3) is 4.63. The molecule has 8 nitrogen and oxygen atoms in total. The number of ether oxygens (including phenoxy) is 1. The molecular weight excluding hydrogens is 416 g/mol. The van der Waals surface area contributed by atoms with Gasteiger partial charge < -0.3 is 14.7 Å². The Kier molecular flexibility index (Phi) is 5.80. The number of amides is 1.